The molecule has 0 radical (unpaired) electrons. The van der Waals surface area contributed by atoms with Gasteiger partial charge in [0.15, 0.2) is 0 Å². The monoisotopic (exact) mass is 354 g/mol. The summed E-state index contributed by atoms with van der Waals surface area (Å²) in [6.07, 6.45) is 7.86. The molecular weight excluding hydrogens is 336 g/mol. The lowest BCUT2D eigenvalue weighted by molar-refractivity contribution is 0.850. The molecule has 0 aliphatic heterocycles. The molecule has 0 unspecified atom stereocenters. The van der Waals surface area contributed by atoms with Gasteiger partial charge in [0.05, 0.1) is 45.8 Å². The summed E-state index contributed by atoms with van der Waals surface area (Å²) in [6.45, 7) is 1.38. The molecule has 0 fully saturated rings. The van der Waals surface area contributed by atoms with Crippen LogP contribution in [0.2, 0.25) is 0 Å². The van der Waals surface area contributed by atoms with E-state index in [1.54, 1.807) is 24.8 Å². The van der Waals surface area contributed by atoms with Gasteiger partial charge in [0.25, 0.3) is 0 Å². The SMILES string of the molecule is C(=NCCCN=Cc1cnc2ccccc2n1)c1cnc2ccccc2n1. The molecule has 0 N–H and O–H groups in total. The number of hydrogen-bond acceptors (Lipinski definition) is 6. The van der Waals surface area contributed by atoms with Gasteiger partial charge in [-0.1, -0.05) is 24.3 Å². The first kappa shape index (κ1) is 16.9. The molecule has 4 rings (SSSR count). The summed E-state index contributed by atoms with van der Waals surface area (Å²) in [4.78, 5) is 26.6. The number of rotatable bonds is 6. The molecule has 0 amide bonds. The number of fused-ring (bicyclic) bond motifs is 2. The van der Waals surface area contributed by atoms with Gasteiger partial charge in [-0.15, -0.1) is 0 Å². The number of benzene rings is 2. The Kier molecular flexibility index (Phi) is 5.15. The maximum Gasteiger partial charge on any atom is 0.0998 e. The molecule has 132 valence electrons. The van der Waals surface area contributed by atoms with Gasteiger partial charge in [0.2, 0.25) is 0 Å². The average molecular weight is 354 g/mol. The molecular formula is C21H18N6. The van der Waals surface area contributed by atoms with E-state index in [4.69, 9.17) is 0 Å². The Labute approximate surface area is 156 Å². The fourth-order valence-electron chi connectivity index (χ4n) is 2.64. The maximum absolute atomic E-state index is 4.52. The Morgan fingerprint density at radius 1 is 0.630 bits per heavy atom. The first-order chi connectivity index (χ1) is 13.4. The minimum atomic E-state index is 0.690. The van der Waals surface area contributed by atoms with Crippen LogP contribution in [0.1, 0.15) is 17.8 Å². The third-order valence-electron chi connectivity index (χ3n) is 3.96. The zero-order valence-electron chi connectivity index (χ0n) is 14.7. The number of aromatic nitrogens is 4. The second kappa shape index (κ2) is 8.23. The van der Waals surface area contributed by atoms with Crippen LogP contribution < -0.4 is 0 Å². The van der Waals surface area contributed by atoms with Crippen LogP contribution in [0.3, 0.4) is 0 Å². The Morgan fingerprint density at radius 2 is 1.07 bits per heavy atom. The van der Waals surface area contributed by atoms with Crippen LogP contribution in [-0.4, -0.2) is 45.5 Å². The highest BCUT2D eigenvalue weighted by Crippen LogP contribution is 2.08. The summed E-state index contributed by atoms with van der Waals surface area (Å²) in [5.41, 5.74) is 5.07. The van der Waals surface area contributed by atoms with E-state index in [0.717, 1.165) is 39.9 Å². The van der Waals surface area contributed by atoms with Crippen LogP contribution in [0, 0.1) is 0 Å². The van der Waals surface area contributed by atoms with Crippen LogP contribution in [0.4, 0.5) is 0 Å². The minimum absolute atomic E-state index is 0.690. The van der Waals surface area contributed by atoms with E-state index >= 15 is 0 Å². The van der Waals surface area contributed by atoms with Gasteiger partial charge in [-0.3, -0.25) is 20.0 Å². The molecule has 2 aromatic heterocycles. The third-order valence-corrected chi connectivity index (χ3v) is 3.96. The third kappa shape index (κ3) is 4.36. The van der Waals surface area contributed by atoms with Gasteiger partial charge in [0.1, 0.15) is 0 Å². The van der Waals surface area contributed by atoms with E-state index in [-0.39, 0.29) is 0 Å². The topological polar surface area (TPSA) is 76.3 Å². The van der Waals surface area contributed by atoms with Gasteiger partial charge in [-0.25, -0.2) is 9.97 Å². The van der Waals surface area contributed by atoms with E-state index in [0.29, 0.717) is 13.1 Å². The van der Waals surface area contributed by atoms with Crippen molar-refractivity contribution in [2.75, 3.05) is 13.1 Å². The van der Waals surface area contributed by atoms with E-state index < -0.39 is 0 Å². The van der Waals surface area contributed by atoms with Crippen molar-refractivity contribution in [3.63, 3.8) is 0 Å². The standard InChI is InChI=1S/C21H18N6/c1-3-8-20-18(6-1)24-14-16(26-20)12-22-10-5-11-23-13-17-15-25-19-7-2-4-9-21(19)27-17/h1-4,6-9,12-15H,5,10-11H2. The average Bonchev–Trinajstić information content (AvgIpc) is 2.73. The second-order valence-corrected chi connectivity index (χ2v) is 5.99. The smallest absolute Gasteiger partial charge is 0.0998 e. The fourth-order valence-corrected chi connectivity index (χ4v) is 2.64. The van der Waals surface area contributed by atoms with E-state index in [9.17, 15) is 0 Å². The van der Waals surface area contributed by atoms with Crippen LogP contribution in [0.15, 0.2) is 70.9 Å². The molecule has 4 aromatic rings. The van der Waals surface area contributed by atoms with Crippen LogP contribution in [-0.2, 0) is 0 Å². The second-order valence-electron chi connectivity index (χ2n) is 5.99. The van der Waals surface area contributed by atoms with E-state index in [2.05, 4.69) is 29.9 Å². The summed E-state index contributed by atoms with van der Waals surface area (Å²) >= 11 is 0. The van der Waals surface area contributed by atoms with Crippen molar-refractivity contribution in [1.29, 1.82) is 0 Å². The lowest BCUT2D eigenvalue weighted by Crippen LogP contribution is -1.94. The molecule has 27 heavy (non-hydrogen) atoms. The number of nitrogens with zero attached hydrogens (tertiary/aromatic N) is 6. The molecule has 0 spiro atoms. The van der Waals surface area contributed by atoms with Crippen molar-refractivity contribution >= 4 is 34.5 Å². The molecule has 0 aliphatic rings. The quantitative estimate of drug-likeness (QED) is 0.392. The molecule has 0 aliphatic carbocycles. The lowest BCUT2D eigenvalue weighted by Gasteiger charge is -1.98. The van der Waals surface area contributed by atoms with Gasteiger partial charge in [-0.05, 0) is 30.7 Å². The molecule has 2 aromatic carbocycles. The van der Waals surface area contributed by atoms with Crippen molar-refractivity contribution < 1.29 is 0 Å². The Bertz CT molecular complexity index is 1030. The predicted octanol–water partition coefficient (Wildman–Crippen LogP) is 3.50. The van der Waals surface area contributed by atoms with Gasteiger partial charge < -0.3 is 0 Å². The maximum atomic E-state index is 4.52. The number of aliphatic imine (C=N–C) groups is 2. The highest BCUT2D eigenvalue weighted by molar-refractivity contribution is 5.82. The molecule has 0 bridgehead atoms. The van der Waals surface area contributed by atoms with Crippen molar-refractivity contribution in [1.82, 2.24) is 19.9 Å². The summed E-state index contributed by atoms with van der Waals surface area (Å²) in [5.74, 6) is 0. The summed E-state index contributed by atoms with van der Waals surface area (Å²) in [6, 6.07) is 15.6. The molecule has 0 saturated heterocycles. The molecule has 0 saturated carbocycles. The van der Waals surface area contributed by atoms with Crippen LogP contribution in [0.25, 0.3) is 22.1 Å². The molecule has 0 atom stereocenters. The molecule has 2 heterocycles. The molecule has 6 heteroatoms. The lowest BCUT2D eigenvalue weighted by atomic mass is 10.3. The fraction of sp³-hybridized carbons (Fsp3) is 0.143. The minimum Gasteiger partial charge on any atom is -0.291 e. The van der Waals surface area contributed by atoms with Gasteiger partial charge >= 0.3 is 0 Å². The van der Waals surface area contributed by atoms with Crippen molar-refractivity contribution in [3.8, 4) is 0 Å². The van der Waals surface area contributed by atoms with Gasteiger partial charge in [-0.2, -0.15) is 0 Å². The summed E-state index contributed by atoms with van der Waals surface area (Å²) in [7, 11) is 0. The summed E-state index contributed by atoms with van der Waals surface area (Å²) < 4.78 is 0. The summed E-state index contributed by atoms with van der Waals surface area (Å²) in [5, 5.41) is 0. The Morgan fingerprint density at radius 3 is 1.56 bits per heavy atom. The largest absolute Gasteiger partial charge is 0.291 e. The first-order valence-corrected chi connectivity index (χ1v) is 8.82. The zero-order valence-corrected chi connectivity index (χ0v) is 14.7. The van der Waals surface area contributed by atoms with E-state index in [1.807, 2.05) is 48.5 Å². The van der Waals surface area contributed by atoms with Crippen LogP contribution in [0.5, 0.6) is 0 Å². The Hall–Kier alpha value is -3.54. The normalized spacial score (nSPS) is 11.9. The molecule has 6 nitrogen and oxygen atoms in total. The van der Waals surface area contributed by atoms with Crippen LogP contribution >= 0.6 is 0 Å². The Balaban J connectivity index is 1.27. The van der Waals surface area contributed by atoms with Gasteiger partial charge in [0, 0.05) is 25.5 Å². The van der Waals surface area contributed by atoms with E-state index in [1.165, 1.54) is 0 Å². The van der Waals surface area contributed by atoms with Crippen molar-refractivity contribution in [2.45, 2.75) is 6.42 Å². The highest BCUT2D eigenvalue weighted by Gasteiger charge is 1.97. The predicted molar refractivity (Wildman–Crippen MR) is 109 cm³/mol. The zero-order chi connectivity index (χ0) is 18.3. The van der Waals surface area contributed by atoms with Crippen molar-refractivity contribution in [3.05, 3.63) is 72.3 Å². The highest BCUT2D eigenvalue weighted by atomic mass is 14.8. The number of para-hydroxylation sites is 4. The van der Waals surface area contributed by atoms with Crippen molar-refractivity contribution in [2.24, 2.45) is 9.98 Å². The number of hydrogen-bond donors (Lipinski definition) is 0. The first-order valence-electron chi connectivity index (χ1n) is 8.82.